The molecular formula is C20H15NO4S2. The van der Waals surface area contributed by atoms with Crippen molar-refractivity contribution in [3.8, 4) is 6.07 Å². The van der Waals surface area contributed by atoms with E-state index < -0.39 is 15.9 Å². The molecule has 0 amide bonds. The quantitative estimate of drug-likeness (QED) is 0.523. The summed E-state index contributed by atoms with van der Waals surface area (Å²) in [7, 11) is -4.03. The molecule has 0 radical (unpaired) electrons. The van der Waals surface area contributed by atoms with E-state index in [1.165, 1.54) is 41.7 Å². The number of thiophene rings is 1. The number of carbonyl (C=O) groups excluding carboxylic acids is 1. The summed E-state index contributed by atoms with van der Waals surface area (Å²) in [5.41, 5.74) is 1.02. The molecule has 5 nitrogen and oxygen atoms in total. The second kappa shape index (κ2) is 7.45. The average molecular weight is 397 g/mol. The summed E-state index contributed by atoms with van der Waals surface area (Å²) in [5.74, 6) is -0.316. The highest BCUT2D eigenvalue weighted by Crippen LogP contribution is 2.30. The summed E-state index contributed by atoms with van der Waals surface area (Å²) in [5, 5.41) is 20.8. The van der Waals surface area contributed by atoms with E-state index >= 15 is 0 Å². The minimum absolute atomic E-state index is 0.0280. The maximum absolute atomic E-state index is 13.1. The van der Waals surface area contributed by atoms with Crippen molar-refractivity contribution in [2.24, 2.45) is 0 Å². The van der Waals surface area contributed by atoms with Crippen molar-refractivity contribution in [2.45, 2.75) is 22.8 Å². The Bertz CT molecular complexity index is 1130. The molecule has 0 saturated carbocycles. The fourth-order valence-corrected chi connectivity index (χ4v) is 4.80. The van der Waals surface area contributed by atoms with Crippen LogP contribution in [0.1, 0.15) is 32.5 Å². The van der Waals surface area contributed by atoms with Crippen molar-refractivity contribution in [3.63, 3.8) is 0 Å². The number of aryl methyl sites for hydroxylation is 1. The van der Waals surface area contributed by atoms with Gasteiger partial charge in [-0.2, -0.15) is 5.26 Å². The predicted molar refractivity (Wildman–Crippen MR) is 101 cm³/mol. The number of ketones is 1. The highest BCUT2D eigenvalue weighted by molar-refractivity contribution is 7.91. The van der Waals surface area contributed by atoms with E-state index in [1.54, 1.807) is 35.7 Å². The first-order valence-corrected chi connectivity index (χ1v) is 10.3. The van der Waals surface area contributed by atoms with Gasteiger partial charge in [0.15, 0.2) is 6.10 Å². The zero-order valence-corrected chi connectivity index (χ0v) is 15.9. The van der Waals surface area contributed by atoms with E-state index in [0.29, 0.717) is 4.88 Å². The van der Waals surface area contributed by atoms with Gasteiger partial charge in [0.05, 0.1) is 20.7 Å². The molecule has 136 valence electrons. The third kappa shape index (κ3) is 3.69. The van der Waals surface area contributed by atoms with E-state index in [-0.39, 0.29) is 26.7 Å². The van der Waals surface area contributed by atoms with Crippen molar-refractivity contribution >= 4 is 27.0 Å². The van der Waals surface area contributed by atoms with Crippen molar-refractivity contribution in [1.82, 2.24) is 0 Å². The maximum atomic E-state index is 13.1. The van der Waals surface area contributed by atoms with Gasteiger partial charge in [0.25, 0.3) is 0 Å². The smallest absolute Gasteiger partial charge is 0.207 e. The Balaban J connectivity index is 2.19. The van der Waals surface area contributed by atoms with Crippen molar-refractivity contribution in [2.75, 3.05) is 0 Å². The lowest BCUT2D eigenvalue weighted by molar-refractivity contribution is 0.104. The summed E-state index contributed by atoms with van der Waals surface area (Å²) >= 11 is 1.25. The van der Waals surface area contributed by atoms with Crippen LogP contribution in [0.3, 0.4) is 0 Å². The van der Waals surface area contributed by atoms with E-state index in [4.69, 9.17) is 5.26 Å². The minimum Gasteiger partial charge on any atom is -0.374 e. The van der Waals surface area contributed by atoms with E-state index in [1.807, 2.05) is 6.92 Å². The van der Waals surface area contributed by atoms with Crippen LogP contribution in [-0.4, -0.2) is 19.3 Å². The number of sulfone groups is 1. The molecule has 1 heterocycles. The fourth-order valence-electron chi connectivity index (χ4n) is 2.60. The highest BCUT2D eigenvalue weighted by atomic mass is 32.2. The van der Waals surface area contributed by atoms with Gasteiger partial charge >= 0.3 is 0 Å². The Morgan fingerprint density at radius 3 is 2.44 bits per heavy atom. The first-order chi connectivity index (χ1) is 12.8. The molecule has 0 aliphatic carbocycles. The number of hydrogen-bond donors (Lipinski definition) is 1. The van der Waals surface area contributed by atoms with Crippen LogP contribution in [0.4, 0.5) is 0 Å². The molecular weight excluding hydrogens is 382 g/mol. The largest absolute Gasteiger partial charge is 0.374 e. The third-order valence-corrected chi connectivity index (χ3v) is 6.75. The van der Waals surface area contributed by atoms with Gasteiger partial charge in [-0.3, -0.25) is 4.79 Å². The second-order valence-corrected chi connectivity index (χ2v) is 8.77. The molecule has 3 aromatic rings. The normalized spacial score (nSPS) is 12.3. The number of carbonyl (C=O) groups is 1. The first-order valence-electron chi connectivity index (χ1n) is 7.96. The Morgan fingerprint density at radius 1 is 1.15 bits per heavy atom. The van der Waals surface area contributed by atoms with Crippen molar-refractivity contribution < 1.29 is 18.3 Å². The van der Waals surface area contributed by atoms with Crippen LogP contribution in [0.15, 0.2) is 69.8 Å². The van der Waals surface area contributed by atoms with Gasteiger partial charge in [0.2, 0.25) is 15.6 Å². The van der Waals surface area contributed by atoms with Crippen LogP contribution in [0, 0.1) is 18.3 Å². The van der Waals surface area contributed by atoms with Gasteiger partial charge in [0.1, 0.15) is 0 Å². The van der Waals surface area contributed by atoms with Crippen molar-refractivity contribution in [1.29, 1.82) is 5.26 Å². The van der Waals surface area contributed by atoms with E-state index in [0.717, 1.165) is 5.56 Å². The minimum atomic E-state index is -4.03. The lowest BCUT2D eigenvalue weighted by atomic mass is 10.0. The molecule has 2 aromatic carbocycles. The average Bonchev–Trinajstić information content (AvgIpc) is 3.21. The zero-order valence-electron chi connectivity index (χ0n) is 14.3. The number of rotatable bonds is 5. The Hall–Kier alpha value is -2.79. The highest BCUT2D eigenvalue weighted by Gasteiger charge is 2.26. The SMILES string of the molecule is Cc1ccc(S(=O)(=O)c2cc(C(=O)c3cccs3)ccc2C(O)C#N)cc1. The van der Waals surface area contributed by atoms with Gasteiger partial charge < -0.3 is 5.11 Å². The van der Waals surface area contributed by atoms with E-state index in [2.05, 4.69) is 0 Å². The number of benzene rings is 2. The number of nitriles is 1. The lowest BCUT2D eigenvalue weighted by Crippen LogP contribution is -2.11. The van der Waals surface area contributed by atoms with Crippen LogP contribution in [0.2, 0.25) is 0 Å². The third-order valence-electron chi connectivity index (χ3n) is 4.06. The molecule has 3 rings (SSSR count). The molecule has 7 heteroatoms. The second-order valence-electron chi connectivity index (χ2n) is 5.91. The molecule has 0 aliphatic rings. The molecule has 27 heavy (non-hydrogen) atoms. The Morgan fingerprint density at radius 2 is 1.85 bits per heavy atom. The van der Waals surface area contributed by atoms with Crippen LogP contribution in [-0.2, 0) is 9.84 Å². The molecule has 0 fully saturated rings. The van der Waals surface area contributed by atoms with Crippen LogP contribution in [0.5, 0.6) is 0 Å². The summed E-state index contributed by atoms with van der Waals surface area (Å²) in [4.78, 5) is 12.9. The first kappa shape index (κ1) is 19.0. The number of aliphatic hydroxyl groups excluding tert-OH is 1. The van der Waals surface area contributed by atoms with Crippen LogP contribution >= 0.6 is 11.3 Å². The van der Waals surface area contributed by atoms with Gasteiger partial charge in [0, 0.05) is 11.1 Å². The molecule has 0 saturated heterocycles. The van der Waals surface area contributed by atoms with Crippen LogP contribution < -0.4 is 0 Å². The molecule has 0 spiro atoms. The van der Waals surface area contributed by atoms with Crippen molar-refractivity contribution in [3.05, 3.63) is 81.5 Å². The zero-order chi connectivity index (χ0) is 19.6. The van der Waals surface area contributed by atoms with Gasteiger partial charge in [-0.15, -0.1) is 11.3 Å². The van der Waals surface area contributed by atoms with Gasteiger partial charge in [-0.05, 0) is 36.6 Å². The monoisotopic (exact) mass is 397 g/mol. The summed E-state index contributed by atoms with van der Waals surface area (Å²) in [6, 6.07) is 15.2. The van der Waals surface area contributed by atoms with Gasteiger partial charge in [-0.1, -0.05) is 35.9 Å². The molecule has 0 bridgehead atoms. The number of hydrogen-bond acceptors (Lipinski definition) is 6. The predicted octanol–water partition coefficient (Wildman–Crippen LogP) is 3.68. The molecule has 1 N–H and O–H groups in total. The Kier molecular flexibility index (Phi) is 5.24. The maximum Gasteiger partial charge on any atom is 0.207 e. The van der Waals surface area contributed by atoms with Crippen LogP contribution in [0.25, 0.3) is 0 Å². The molecule has 1 unspecified atom stereocenters. The summed E-state index contributed by atoms with van der Waals surface area (Å²) in [6.07, 6.45) is -1.62. The summed E-state index contributed by atoms with van der Waals surface area (Å²) < 4.78 is 26.2. The Labute approximate surface area is 161 Å². The lowest BCUT2D eigenvalue weighted by Gasteiger charge is -2.13. The molecule has 0 aliphatic heterocycles. The molecule has 1 atom stereocenters. The number of aliphatic hydroxyl groups is 1. The van der Waals surface area contributed by atoms with E-state index in [9.17, 15) is 18.3 Å². The fraction of sp³-hybridized carbons (Fsp3) is 0.100. The summed E-state index contributed by atoms with van der Waals surface area (Å²) in [6.45, 7) is 1.83. The number of nitrogens with zero attached hydrogens (tertiary/aromatic N) is 1. The topological polar surface area (TPSA) is 95.2 Å². The molecule has 1 aromatic heterocycles. The van der Waals surface area contributed by atoms with Gasteiger partial charge in [-0.25, -0.2) is 8.42 Å². The standard InChI is InChI=1S/C20H15NO4S2/c1-13-4-7-15(8-5-13)27(24,25)19-11-14(6-9-16(19)17(22)12-21)20(23)18-3-2-10-26-18/h2-11,17,22H,1H3.